The van der Waals surface area contributed by atoms with Crippen molar-refractivity contribution in [2.24, 2.45) is 0 Å². The Morgan fingerprint density at radius 1 is 1.00 bits per heavy atom. The Morgan fingerprint density at radius 3 is 2.42 bits per heavy atom. The van der Waals surface area contributed by atoms with Crippen LogP contribution in [-0.2, 0) is 19.3 Å². The first-order valence-electron chi connectivity index (χ1n) is 11.7. The van der Waals surface area contributed by atoms with E-state index in [9.17, 15) is 22.8 Å². The third-order valence-electron chi connectivity index (χ3n) is 6.19. The number of alkyl halides is 3. The first-order chi connectivity index (χ1) is 17.1. The Labute approximate surface area is 207 Å². The van der Waals surface area contributed by atoms with Crippen LogP contribution in [0, 0.1) is 6.92 Å². The maximum Gasteiger partial charge on any atom is 0.416 e. The molecule has 2 aromatic carbocycles. The van der Waals surface area contributed by atoms with Crippen molar-refractivity contribution in [1.29, 1.82) is 0 Å². The van der Waals surface area contributed by atoms with Gasteiger partial charge >= 0.3 is 6.18 Å². The summed E-state index contributed by atoms with van der Waals surface area (Å²) in [6.45, 7) is 6.59. The number of rotatable bonds is 6. The second-order valence-corrected chi connectivity index (χ2v) is 9.04. The molecule has 10 heteroatoms. The Hall–Kier alpha value is -3.50. The number of hydrogen-bond donors (Lipinski definition) is 1. The molecule has 0 saturated carbocycles. The van der Waals surface area contributed by atoms with Crippen LogP contribution in [-0.4, -0.2) is 58.7 Å². The number of carbonyl (C=O) groups excluding carboxylic acids is 1. The lowest BCUT2D eigenvalue weighted by molar-refractivity contribution is -0.137. The monoisotopic (exact) mass is 499 g/mol. The summed E-state index contributed by atoms with van der Waals surface area (Å²) in [7, 11) is 2.11. The predicted molar refractivity (Wildman–Crippen MR) is 130 cm³/mol. The van der Waals surface area contributed by atoms with Crippen LogP contribution in [0.25, 0.3) is 5.69 Å². The van der Waals surface area contributed by atoms with Gasteiger partial charge in [0, 0.05) is 51.0 Å². The SMILES string of the molecule is Cc1cc(=O)c(C(=O)NCc2cccc(CN3CCN(C)CC3)c2)nn1-c1cccc(C(F)(F)F)c1. The van der Waals surface area contributed by atoms with E-state index in [1.54, 1.807) is 6.92 Å². The van der Waals surface area contributed by atoms with Gasteiger partial charge in [0.1, 0.15) is 0 Å². The lowest BCUT2D eigenvalue weighted by Gasteiger charge is -2.32. The summed E-state index contributed by atoms with van der Waals surface area (Å²) >= 11 is 0. The van der Waals surface area contributed by atoms with E-state index in [4.69, 9.17) is 0 Å². The van der Waals surface area contributed by atoms with Crippen molar-refractivity contribution in [3.05, 3.63) is 92.9 Å². The van der Waals surface area contributed by atoms with Crippen LogP contribution in [0.15, 0.2) is 59.4 Å². The molecule has 0 unspecified atom stereocenters. The maximum absolute atomic E-state index is 13.1. The first-order valence-corrected chi connectivity index (χ1v) is 11.7. The Kier molecular flexibility index (Phi) is 7.56. The lowest BCUT2D eigenvalue weighted by atomic mass is 10.1. The van der Waals surface area contributed by atoms with Crippen molar-refractivity contribution < 1.29 is 18.0 Å². The van der Waals surface area contributed by atoms with Gasteiger partial charge in [0.25, 0.3) is 5.91 Å². The molecule has 1 N–H and O–H groups in total. The van der Waals surface area contributed by atoms with Crippen molar-refractivity contribution in [3.63, 3.8) is 0 Å². The molecule has 0 radical (unpaired) electrons. The van der Waals surface area contributed by atoms with Crippen molar-refractivity contribution in [2.45, 2.75) is 26.2 Å². The number of aromatic nitrogens is 2. The van der Waals surface area contributed by atoms with Crippen LogP contribution in [0.5, 0.6) is 0 Å². The summed E-state index contributed by atoms with van der Waals surface area (Å²) < 4.78 is 40.6. The number of nitrogens with one attached hydrogen (secondary N) is 1. The Morgan fingerprint density at radius 2 is 1.69 bits per heavy atom. The summed E-state index contributed by atoms with van der Waals surface area (Å²) in [4.78, 5) is 30.0. The number of nitrogens with zero attached hydrogens (tertiary/aromatic N) is 4. The van der Waals surface area contributed by atoms with Crippen LogP contribution < -0.4 is 10.7 Å². The van der Waals surface area contributed by atoms with E-state index in [1.165, 1.54) is 22.9 Å². The largest absolute Gasteiger partial charge is 0.416 e. The third-order valence-corrected chi connectivity index (χ3v) is 6.19. The minimum absolute atomic E-state index is 0.105. The molecule has 4 rings (SSSR count). The molecule has 1 aliphatic rings. The average Bonchev–Trinajstić information content (AvgIpc) is 2.84. The molecule has 2 heterocycles. The van der Waals surface area contributed by atoms with E-state index in [1.807, 2.05) is 24.3 Å². The molecule has 1 saturated heterocycles. The van der Waals surface area contributed by atoms with Gasteiger partial charge in [0.05, 0.1) is 11.3 Å². The summed E-state index contributed by atoms with van der Waals surface area (Å²) in [5, 5.41) is 6.80. The zero-order chi connectivity index (χ0) is 25.9. The molecule has 0 aliphatic carbocycles. The number of halogens is 3. The molecular weight excluding hydrogens is 471 g/mol. The van der Waals surface area contributed by atoms with Crippen LogP contribution in [0.4, 0.5) is 13.2 Å². The summed E-state index contributed by atoms with van der Waals surface area (Å²) in [5.41, 5.74) is 0.596. The summed E-state index contributed by atoms with van der Waals surface area (Å²) in [6, 6.07) is 13.6. The zero-order valence-electron chi connectivity index (χ0n) is 20.2. The minimum atomic E-state index is -4.53. The molecule has 7 nitrogen and oxygen atoms in total. The van der Waals surface area contributed by atoms with E-state index in [0.29, 0.717) is 5.69 Å². The molecule has 0 atom stereocenters. The molecular formula is C26H28F3N5O2. The molecule has 1 aromatic heterocycles. The number of likely N-dealkylation sites (N-methyl/N-ethyl adjacent to an activating group) is 1. The van der Waals surface area contributed by atoms with Gasteiger partial charge in [-0.1, -0.05) is 30.3 Å². The second kappa shape index (κ2) is 10.6. The van der Waals surface area contributed by atoms with Crippen LogP contribution >= 0.6 is 0 Å². The number of aryl methyl sites for hydroxylation is 1. The quantitative estimate of drug-likeness (QED) is 0.564. The molecule has 36 heavy (non-hydrogen) atoms. The maximum atomic E-state index is 13.1. The molecule has 190 valence electrons. The highest BCUT2D eigenvalue weighted by Crippen LogP contribution is 2.30. The van der Waals surface area contributed by atoms with E-state index in [-0.39, 0.29) is 17.9 Å². The smallest absolute Gasteiger partial charge is 0.346 e. The molecule has 3 aromatic rings. The van der Waals surface area contributed by atoms with Crippen molar-refractivity contribution in [1.82, 2.24) is 24.9 Å². The minimum Gasteiger partial charge on any atom is -0.346 e. The zero-order valence-corrected chi connectivity index (χ0v) is 20.2. The van der Waals surface area contributed by atoms with Crippen LogP contribution in [0.1, 0.15) is 32.9 Å². The van der Waals surface area contributed by atoms with Crippen molar-refractivity contribution in [2.75, 3.05) is 33.2 Å². The van der Waals surface area contributed by atoms with Crippen LogP contribution in [0.2, 0.25) is 0 Å². The van der Waals surface area contributed by atoms with Gasteiger partial charge in [-0.05, 0) is 43.3 Å². The van der Waals surface area contributed by atoms with Gasteiger partial charge in [-0.25, -0.2) is 4.68 Å². The van der Waals surface area contributed by atoms with Gasteiger partial charge in [-0.15, -0.1) is 0 Å². The Balaban J connectivity index is 1.48. The van der Waals surface area contributed by atoms with E-state index >= 15 is 0 Å². The highest BCUT2D eigenvalue weighted by molar-refractivity contribution is 5.92. The van der Waals surface area contributed by atoms with Gasteiger partial charge in [0.15, 0.2) is 5.69 Å². The lowest BCUT2D eigenvalue weighted by Crippen LogP contribution is -2.43. The number of piperazine rings is 1. The van der Waals surface area contributed by atoms with E-state index in [0.717, 1.165) is 56.0 Å². The topological polar surface area (TPSA) is 70.5 Å². The predicted octanol–water partition coefficient (Wildman–Crippen LogP) is 3.24. The molecule has 1 fully saturated rings. The highest BCUT2D eigenvalue weighted by atomic mass is 19.4. The highest BCUT2D eigenvalue weighted by Gasteiger charge is 2.30. The number of carbonyl (C=O) groups is 1. The number of benzene rings is 2. The molecule has 0 bridgehead atoms. The first kappa shape index (κ1) is 25.6. The fourth-order valence-corrected chi connectivity index (χ4v) is 4.15. The average molecular weight is 500 g/mol. The third kappa shape index (κ3) is 6.19. The van der Waals surface area contributed by atoms with Gasteiger partial charge in [-0.3, -0.25) is 14.5 Å². The standard InChI is InChI=1S/C26H28F3N5O2/c1-18-13-23(35)24(31-34(18)22-8-4-7-21(15-22)26(27,28)29)25(36)30-16-19-5-3-6-20(14-19)17-33-11-9-32(2)10-12-33/h3-8,13-15H,9-12,16-17H2,1-2H3,(H,30,36). The molecule has 1 aliphatic heterocycles. The normalized spacial score (nSPS) is 15.1. The van der Waals surface area contributed by atoms with Crippen molar-refractivity contribution >= 4 is 5.91 Å². The van der Waals surface area contributed by atoms with Crippen LogP contribution in [0.3, 0.4) is 0 Å². The number of amides is 1. The Bertz CT molecular complexity index is 1300. The molecule has 0 spiro atoms. The van der Waals surface area contributed by atoms with Gasteiger partial charge in [-0.2, -0.15) is 18.3 Å². The van der Waals surface area contributed by atoms with E-state index < -0.39 is 23.1 Å². The summed E-state index contributed by atoms with van der Waals surface area (Å²) in [5.74, 6) is -0.690. The van der Waals surface area contributed by atoms with E-state index in [2.05, 4.69) is 27.3 Å². The van der Waals surface area contributed by atoms with Gasteiger partial charge < -0.3 is 10.2 Å². The summed E-state index contributed by atoms with van der Waals surface area (Å²) in [6.07, 6.45) is -4.53. The van der Waals surface area contributed by atoms with Crippen molar-refractivity contribution in [3.8, 4) is 5.69 Å². The molecule has 1 amide bonds. The van der Waals surface area contributed by atoms with Gasteiger partial charge in [0.2, 0.25) is 5.43 Å². The fourth-order valence-electron chi connectivity index (χ4n) is 4.15. The number of hydrogen-bond acceptors (Lipinski definition) is 5. The fraction of sp³-hybridized carbons (Fsp3) is 0.346. The second-order valence-electron chi connectivity index (χ2n) is 9.04.